The van der Waals surface area contributed by atoms with Gasteiger partial charge in [-0.05, 0) is 118 Å². The summed E-state index contributed by atoms with van der Waals surface area (Å²) in [6.07, 6.45) is 19.4. The van der Waals surface area contributed by atoms with Gasteiger partial charge in [0.25, 0.3) is 0 Å². The maximum absolute atomic E-state index is 10.8. The predicted molar refractivity (Wildman–Crippen MR) is 114 cm³/mol. The third-order valence-corrected chi connectivity index (χ3v) is 10.5. The molecule has 2 N–H and O–H groups in total. The molecule has 5 aliphatic rings. The first-order chi connectivity index (χ1) is 13.4. The Morgan fingerprint density at radius 3 is 2.54 bits per heavy atom. The Bertz CT molecular complexity index is 634. The maximum Gasteiger partial charge on any atom is 0.0682 e. The van der Waals surface area contributed by atoms with E-state index in [0.717, 1.165) is 68.1 Å². The minimum absolute atomic E-state index is 0.261. The second kappa shape index (κ2) is 6.84. The maximum atomic E-state index is 10.8. The molecule has 5 rings (SSSR count). The molecule has 158 valence electrons. The zero-order valence-electron chi connectivity index (χ0n) is 18.3. The van der Waals surface area contributed by atoms with Gasteiger partial charge in [0.2, 0.25) is 0 Å². The highest BCUT2D eigenvalue weighted by Crippen LogP contribution is 2.64. The Kier molecular flexibility index (Phi) is 4.79. The molecule has 0 aliphatic heterocycles. The molecule has 2 heteroatoms. The van der Waals surface area contributed by atoms with E-state index in [1.807, 2.05) is 0 Å². The topological polar surface area (TPSA) is 40.5 Å². The van der Waals surface area contributed by atoms with E-state index in [2.05, 4.69) is 19.9 Å². The lowest BCUT2D eigenvalue weighted by molar-refractivity contribution is -0.0409. The highest BCUT2D eigenvalue weighted by atomic mass is 16.3. The van der Waals surface area contributed by atoms with E-state index in [4.69, 9.17) is 0 Å². The lowest BCUT2D eigenvalue weighted by Gasteiger charge is -2.54. The molecule has 0 heterocycles. The summed E-state index contributed by atoms with van der Waals surface area (Å²) in [6, 6.07) is 0. The quantitative estimate of drug-likeness (QED) is 0.568. The van der Waals surface area contributed by atoms with E-state index < -0.39 is 5.60 Å². The van der Waals surface area contributed by atoms with Crippen LogP contribution in [-0.4, -0.2) is 21.4 Å². The van der Waals surface area contributed by atoms with Crippen LogP contribution in [0.1, 0.15) is 104 Å². The zero-order valence-corrected chi connectivity index (χ0v) is 18.3. The molecule has 0 amide bonds. The Balaban J connectivity index is 1.27. The van der Waals surface area contributed by atoms with Crippen molar-refractivity contribution in [2.45, 2.75) is 115 Å². The van der Waals surface area contributed by atoms with Crippen molar-refractivity contribution in [2.75, 3.05) is 0 Å². The third-order valence-electron chi connectivity index (χ3n) is 10.5. The molecule has 0 aromatic carbocycles. The Morgan fingerprint density at radius 2 is 1.79 bits per heavy atom. The van der Waals surface area contributed by atoms with Gasteiger partial charge in [-0.2, -0.15) is 0 Å². The van der Waals surface area contributed by atoms with Crippen molar-refractivity contribution in [3.8, 4) is 0 Å². The van der Waals surface area contributed by atoms with Gasteiger partial charge in [0.15, 0.2) is 0 Å². The van der Waals surface area contributed by atoms with E-state index in [-0.39, 0.29) is 5.60 Å². The molecule has 0 bridgehead atoms. The molecule has 0 aromatic rings. The largest absolute Gasteiger partial charge is 0.390 e. The van der Waals surface area contributed by atoms with Crippen LogP contribution < -0.4 is 0 Å². The summed E-state index contributed by atoms with van der Waals surface area (Å²) in [7, 11) is 0. The fourth-order valence-corrected chi connectivity index (χ4v) is 8.32. The lowest BCUT2D eigenvalue weighted by Crippen LogP contribution is -2.47. The fraction of sp³-hybridized carbons (Fsp3) is 0.923. The third kappa shape index (κ3) is 3.22. The van der Waals surface area contributed by atoms with Crippen LogP contribution in [0.3, 0.4) is 0 Å². The van der Waals surface area contributed by atoms with E-state index in [1.54, 1.807) is 5.57 Å². The van der Waals surface area contributed by atoms with Gasteiger partial charge in [-0.1, -0.05) is 31.9 Å². The molecule has 0 saturated heterocycles. The van der Waals surface area contributed by atoms with Gasteiger partial charge in [-0.3, -0.25) is 0 Å². The molecule has 7 atom stereocenters. The average Bonchev–Trinajstić information content (AvgIpc) is 3.32. The van der Waals surface area contributed by atoms with Crippen molar-refractivity contribution in [1.82, 2.24) is 0 Å². The molecule has 4 fully saturated rings. The molecule has 0 radical (unpaired) electrons. The highest BCUT2D eigenvalue weighted by Gasteiger charge is 2.56. The Morgan fingerprint density at radius 1 is 0.964 bits per heavy atom. The minimum Gasteiger partial charge on any atom is -0.390 e. The monoisotopic (exact) mass is 386 g/mol. The fourth-order valence-electron chi connectivity index (χ4n) is 8.32. The van der Waals surface area contributed by atoms with E-state index >= 15 is 0 Å². The zero-order chi connectivity index (χ0) is 19.6. The van der Waals surface area contributed by atoms with Crippen LogP contribution in [0.2, 0.25) is 0 Å². The number of hydrogen-bond acceptors (Lipinski definition) is 2. The number of hydrogen-bond donors (Lipinski definition) is 2. The second-order valence-corrected chi connectivity index (χ2v) is 11.8. The molecule has 5 aliphatic carbocycles. The van der Waals surface area contributed by atoms with Crippen molar-refractivity contribution in [2.24, 2.45) is 35.0 Å². The molecular formula is C26H42O2. The first-order valence-corrected chi connectivity index (χ1v) is 12.5. The standard InChI is InChI=1S/C26H42O2/c1-3-25(27)14-11-20-18(17-25)6-8-22-21(20)10-13-24(2)19(7-9-23(22)24)5-4-12-26(28)15-16-26/h6,19-23,27-28H,3-5,7-17H2,1-2H3/t19?,20?,21?,22?,23?,24?,25-/m0/s1. The number of allylic oxidation sites excluding steroid dienone is 1. The van der Waals surface area contributed by atoms with Crippen LogP contribution >= 0.6 is 0 Å². The summed E-state index contributed by atoms with van der Waals surface area (Å²) in [6.45, 7) is 4.78. The van der Waals surface area contributed by atoms with Crippen molar-refractivity contribution in [1.29, 1.82) is 0 Å². The summed E-state index contributed by atoms with van der Waals surface area (Å²) >= 11 is 0. The van der Waals surface area contributed by atoms with Crippen LogP contribution in [0.25, 0.3) is 0 Å². The van der Waals surface area contributed by atoms with Crippen molar-refractivity contribution in [3.63, 3.8) is 0 Å². The summed E-state index contributed by atoms with van der Waals surface area (Å²) in [5.41, 5.74) is 1.50. The highest BCUT2D eigenvalue weighted by molar-refractivity contribution is 5.22. The van der Waals surface area contributed by atoms with E-state index in [0.29, 0.717) is 5.41 Å². The normalized spacial score (nSPS) is 49.0. The van der Waals surface area contributed by atoms with Crippen molar-refractivity contribution < 1.29 is 10.2 Å². The van der Waals surface area contributed by atoms with Gasteiger partial charge in [-0.25, -0.2) is 0 Å². The van der Waals surface area contributed by atoms with E-state index in [1.165, 1.54) is 51.4 Å². The SMILES string of the molecule is CC[C@]1(O)CCC2C(=CCC3C2CCC2(C)C(CCCC4(O)CC4)CCC32)C1. The average molecular weight is 387 g/mol. The predicted octanol–water partition coefficient (Wildman–Crippen LogP) is 6.01. The van der Waals surface area contributed by atoms with Crippen molar-refractivity contribution >= 4 is 0 Å². The first kappa shape index (κ1) is 19.6. The molecule has 6 unspecified atom stereocenters. The van der Waals surface area contributed by atoms with Gasteiger partial charge in [-0.15, -0.1) is 0 Å². The van der Waals surface area contributed by atoms with Gasteiger partial charge in [0.1, 0.15) is 0 Å². The van der Waals surface area contributed by atoms with Gasteiger partial charge in [0, 0.05) is 0 Å². The summed E-state index contributed by atoms with van der Waals surface area (Å²) in [5.74, 6) is 4.38. The Labute approximate surface area is 172 Å². The first-order valence-electron chi connectivity index (χ1n) is 12.5. The van der Waals surface area contributed by atoms with E-state index in [9.17, 15) is 10.2 Å². The Hall–Kier alpha value is -0.340. The molecule has 2 nitrogen and oxygen atoms in total. The van der Waals surface area contributed by atoms with Crippen LogP contribution in [0.4, 0.5) is 0 Å². The van der Waals surface area contributed by atoms with Crippen molar-refractivity contribution in [3.05, 3.63) is 11.6 Å². The minimum atomic E-state index is -0.414. The molecule has 0 spiro atoms. The van der Waals surface area contributed by atoms with Gasteiger partial charge >= 0.3 is 0 Å². The smallest absolute Gasteiger partial charge is 0.0682 e. The lowest BCUT2D eigenvalue weighted by atomic mass is 9.51. The molecule has 4 saturated carbocycles. The summed E-state index contributed by atoms with van der Waals surface area (Å²) in [4.78, 5) is 0. The number of aliphatic hydroxyl groups is 2. The van der Waals surface area contributed by atoms with Crippen LogP contribution in [0.15, 0.2) is 11.6 Å². The van der Waals surface area contributed by atoms with Crippen LogP contribution in [0, 0.1) is 35.0 Å². The van der Waals surface area contributed by atoms with Gasteiger partial charge in [0.05, 0.1) is 11.2 Å². The molecule has 28 heavy (non-hydrogen) atoms. The molecular weight excluding hydrogens is 344 g/mol. The summed E-state index contributed by atoms with van der Waals surface area (Å²) in [5, 5.41) is 21.0. The second-order valence-electron chi connectivity index (χ2n) is 11.8. The summed E-state index contributed by atoms with van der Waals surface area (Å²) < 4.78 is 0. The van der Waals surface area contributed by atoms with Crippen LogP contribution in [0.5, 0.6) is 0 Å². The van der Waals surface area contributed by atoms with Crippen LogP contribution in [-0.2, 0) is 0 Å². The van der Waals surface area contributed by atoms with Gasteiger partial charge < -0.3 is 10.2 Å². The molecule has 0 aromatic heterocycles. The number of rotatable bonds is 5. The number of fused-ring (bicyclic) bond motifs is 5.